The summed E-state index contributed by atoms with van der Waals surface area (Å²) in [4.78, 5) is 10.9. The molecule has 1 N–H and O–H groups in total. The average molecular weight is 374 g/mol. The van der Waals surface area contributed by atoms with E-state index in [0.717, 1.165) is 5.56 Å². The van der Waals surface area contributed by atoms with Gasteiger partial charge in [-0.1, -0.05) is 12.1 Å². The molecule has 4 nitrogen and oxygen atoms in total. The van der Waals surface area contributed by atoms with Gasteiger partial charge in [-0.25, -0.2) is 0 Å². The summed E-state index contributed by atoms with van der Waals surface area (Å²) in [6.45, 7) is 2.62. The van der Waals surface area contributed by atoms with Crippen molar-refractivity contribution in [3.05, 3.63) is 29.8 Å². The maximum atomic E-state index is 12.7. The van der Waals surface area contributed by atoms with E-state index in [9.17, 15) is 18.0 Å². The van der Waals surface area contributed by atoms with E-state index in [4.69, 9.17) is 14.6 Å². The van der Waals surface area contributed by atoms with Crippen molar-refractivity contribution in [3.63, 3.8) is 0 Å². The molecule has 1 atom stereocenters. The number of alkyl halides is 3. The maximum absolute atomic E-state index is 12.7. The lowest BCUT2D eigenvalue weighted by Crippen LogP contribution is -2.29. The summed E-state index contributed by atoms with van der Waals surface area (Å²) in [6.07, 6.45) is -3.33. The zero-order valence-electron chi connectivity index (χ0n) is 14.8. The fraction of sp³-hybridized carbons (Fsp3) is 0.632. The molecule has 0 heterocycles. The summed E-state index contributed by atoms with van der Waals surface area (Å²) in [5, 5.41) is 8.95. The zero-order chi connectivity index (χ0) is 19.2. The second kappa shape index (κ2) is 9.26. The summed E-state index contributed by atoms with van der Waals surface area (Å²) in [6, 6.07) is 7.01. The molecule has 1 aromatic rings. The van der Waals surface area contributed by atoms with Crippen LogP contribution >= 0.6 is 0 Å². The first-order valence-corrected chi connectivity index (χ1v) is 8.92. The molecule has 0 aromatic heterocycles. The SMILES string of the molecule is CCOC(CC(=O)O)c1ccc(OCC2CCC(C(F)(F)F)CC2)cc1. The first kappa shape index (κ1) is 20.6. The molecule has 1 saturated carbocycles. The standard InChI is InChI=1S/C19H25F3O4/c1-2-25-17(11-18(23)24)14-5-9-16(10-6-14)26-12-13-3-7-15(8-4-13)19(20,21)22/h5-6,9-10,13,15,17H,2-4,7-8,11-12H2,1H3,(H,23,24). The van der Waals surface area contributed by atoms with Crippen molar-refractivity contribution in [1.29, 1.82) is 0 Å². The molecule has 1 aromatic carbocycles. The minimum Gasteiger partial charge on any atom is -0.493 e. The molecule has 1 aliphatic carbocycles. The van der Waals surface area contributed by atoms with Gasteiger partial charge in [0, 0.05) is 6.61 Å². The summed E-state index contributed by atoms with van der Waals surface area (Å²) in [5.74, 6) is -1.35. The van der Waals surface area contributed by atoms with Crippen molar-refractivity contribution in [1.82, 2.24) is 0 Å². The Kier molecular flexibility index (Phi) is 7.32. The fourth-order valence-electron chi connectivity index (χ4n) is 3.28. The van der Waals surface area contributed by atoms with Gasteiger partial charge in [0.15, 0.2) is 0 Å². The van der Waals surface area contributed by atoms with Crippen molar-refractivity contribution >= 4 is 5.97 Å². The highest BCUT2D eigenvalue weighted by Crippen LogP contribution is 2.39. The highest BCUT2D eigenvalue weighted by atomic mass is 19.4. The van der Waals surface area contributed by atoms with E-state index in [-0.39, 0.29) is 25.2 Å². The number of carboxylic acids is 1. The van der Waals surface area contributed by atoms with Crippen LogP contribution in [0.5, 0.6) is 5.75 Å². The first-order valence-electron chi connectivity index (χ1n) is 8.92. The summed E-state index contributed by atoms with van der Waals surface area (Å²) >= 11 is 0. The number of ether oxygens (including phenoxy) is 2. The van der Waals surface area contributed by atoms with Crippen LogP contribution in [0.25, 0.3) is 0 Å². The second-order valence-corrected chi connectivity index (χ2v) is 6.68. The number of benzene rings is 1. The van der Waals surface area contributed by atoms with Gasteiger partial charge in [0.1, 0.15) is 5.75 Å². The molecule has 26 heavy (non-hydrogen) atoms. The molecule has 0 amide bonds. The number of carboxylic acid groups (broad SMARTS) is 1. The summed E-state index contributed by atoms with van der Waals surface area (Å²) in [7, 11) is 0. The molecule has 2 rings (SSSR count). The van der Waals surface area contributed by atoms with Crippen LogP contribution < -0.4 is 4.74 Å². The Hall–Kier alpha value is -1.76. The van der Waals surface area contributed by atoms with Crippen molar-refractivity contribution in [2.45, 2.75) is 51.3 Å². The monoisotopic (exact) mass is 374 g/mol. The largest absolute Gasteiger partial charge is 0.493 e. The van der Waals surface area contributed by atoms with Gasteiger partial charge in [-0.15, -0.1) is 0 Å². The van der Waals surface area contributed by atoms with Crippen LogP contribution in [0.2, 0.25) is 0 Å². The molecule has 0 aliphatic heterocycles. The third-order valence-corrected chi connectivity index (χ3v) is 4.78. The number of rotatable bonds is 8. The molecular weight excluding hydrogens is 349 g/mol. The van der Waals surface area contributed by atoms with Crippen molar-refractivity contribution in [3.8, 4) is 5.75 Å². The molecule has 0 spiro atoms. The molecule has 1 aliphatic rings. The highest BCUT2D eigenvalue weighted by molar-refractivity contribution is 5.67. The highest BCUT2D eigenvalue weighted by Gasteiger charge is 2.41. The molecule has 0 saturated heterocycles. The van der Waals surface area contributed by atoms with E-state index < -0.39 is 24.2 Å². The van der Waals surface area contributed by atoms with E-state index in [1.165, 1.54) is 0 Å². The molecule has 1 fully saturated rings. The Bertz CT molecular complexity index is 563. The Balaban J connectivity index is 1.83. The molecule has 146 valence electrons. The predicted molar refractivity (Wildman–Crippen MR) is 90.1 cm³/mol. The van der Waals surface area contributed by atoms with E-state index in [0.29, 0.717) is 31.8 Å². The number of hydrogen-bond acceptors (Lipinski definition) is 3. The molecule has 0 radical (unpaired) electrons. The Morgan fingerprint density at radius 2 is 1.81 bits per heavy atom. The Morgan fingerprint density at radius 1 is 1.19 bits per heavy atom. The Morgan fingerprint density at radius 3 is 2.31 bits per heavy atom. The number of hydrogen-bond donors (Lipinski definition) is 1. The van der Waals surface area contributed by atoms with Gasteiger partial charge in [0.05, 0.1) is 25.0 Å². The fourth-order valence-corrected chi connectivity index (χ4v) is 3.28. The lowest BCUT2D eigenvalue weighted by Gasteiger charge is -2.29. The van der Waals surface area contributed by atoms with E-state index >= 15 is 0 Å². The van der Waals surface area contributed by atoms with Gasteiger partial charge in [-0.3, -0.25) is 4.79 Å². The van der Waals surface area contributed by atoms with Crippen molar-refractivity contribution in [2.24, 2.45) is 11.8 Å². The summed E-state index contributed by atoms with van der Waals surface area (Å²) < 4.78 is 49.2. The minimum absolute atomic E-state index is 0.115. The third kappa shape index (κ3) is 6.20. The van der Waals surface area contributed by atoms with Crippen molar-refractivity contribution in [2.75, 3.05) is 13.2 Å². The van der Waals surface area contributed by atoms with Crippen LogP contribution in [0.3, 0.4) is 0 Å². The van der Waals surface area contributed by atoms with Crippen molar-refractivity contribution < 1.29 is 32.5 Å². The molecule has 0 bridgehead atoms. The summed E-state index contributed by atoms with van der Waals surface area (Å²) in [5.41, 5.74) is 0.757. The van der Waals surface area contributed by atoms with Crippen LogP contribution in [0.1, 0.15) is 50.7 Å². The normalized spacial score (nSPS) is 22.0. The van der Waals surface area contributed by atoms with Crippen LogP contribution in [0.4, 0.5) is 13.2 Å². The first-order chi connectivity index (χ1) is 12.3. The molecular formula is C19H25F3O4. The van der Waals surface area contributed by atoms with E-state index in [2.05, 4.69) is 0 Å². The average Bonchev–Trinajstić information content (AvgIpc) is 2.59. The van der Waals surface area contributed by atoms with Gasteiger partial charge in [-0.2, -0.15) is 13.2 Å². The van der Waals surface area contributed by atoms with Crippen LogP contribution in [-0.4, -0.2) is 30.5 Å². The minimum atomic E-state index is -4.09. The number of aliphatic carboxylic acids is 1. The van der Waals surface area contributed by atoms with Gasteiger partial charge in [-0.05, 0) is 56.2 Å². The second-order valence-electron chi connectivity index (χ2n) is 6.68. The van der Waals surface area contributed by atoms with E-state index in [1.807, 2.05) is 0 Å². The van der Waals surface area contributed by atoms with E-state index in [1.54, 1.807) is 31.2 Å². The van der Waals surface area contributed by atoms with Gasteiger partial charge >= 0.3 is 12.1 Å². The van der Waals surface area contributed by atoms with Crippen LogP contribution in [-0.2, 0) is 9.53 Å². The van der Waals surface area contributed by atoms with Gasteiger partial charge in [0.25, 0.3) is 0 Å². The van der Waals surface area contributed by atoms with Gasteiger partial charge in [0.2, 0.25) is 0 Å². The smallest absolute Gasteiger partial charge is 0.391 e. The predicted octanol–water partition coefficient (Wildman–Crippen LogP) is 4.99. The topological polar surface area (TPSA) is 55.8 Å². The number of halogens is 3. The van der Waals surface area contributed by atoms with Gasteiger partial charge < -0.3 is 14.6 Å². The lowest BCUT2D eigenvalue weighted by molar-refractivity contribution is -0.184. The molecule has 7 heteroatoms. The molecule has 1 unspecified atom stereocenters. The third-order valence-electron chi connectivity index (χ3n) is 4.78. The maximum Gasteiger partial charge on any atom is 0.391 e. The number of carbonyl (C=O) groups is 1. The lowest BCUT2D eigenvalue weighted by atomic mass is 9.82. The van der Waals surface area contributed by atoms with Crippen LogP contribution in [0, 0.1) is 11.8 Å². The zero-order valence-corrected chi connectivity index (χ0v) is 14.8. The van der Waals surface area contributed by atoms with Crippen LogP contribution in [0.15, 0.2) is 24.3 Å². The Labute approximate surface area is 151 Å². The quantitative estimate of drug-likeness (QED) is 0.697.